The van der Waals surface area contributed by atoms with Crippen molar-refractivity contribution >= 4 is 11.3 Å². The largest absolute Gasteiger partial charge is 0.306 e. The van der Waals surface area contributed by atoms with Crippen LogP contribution in [-0.2, 0) is 5.54 Å². The number of nitrogens with zero attached hydrogens (tertiary/aromatic N) is 1. The fourth-order valence-corrected chi connectivity index (χ4v) is 3.34. The molecule has 0 bridgehead atoms. The second-order valence-corrected chi connectivity index (χ2v) is 6.54. The van der Waals surface area contributed by atoms with Gasteiger partial charge in [-0.1, -0.05) is 39.5 Å². The molecule has 0 saturated carbocycles. The van der Waals surface area contributed by atoms with E-state index in [1.807, 2.05) is 11.3 Å². The molecule has 0 aliphatic carbocycles. The molecule has 0 amide bonds. The number of aryl methyl sites for hydroxylation is 2. The van der Waals surface area contributed by atoms with Crippen LogP contribution in [0.15, 0.2) is 0 Å². The second kappa shape index (κ2) is 7.25. The van der Waals surface area contributed by atoms with Gasteiger partial charge >= 0.3 is 0 Å². The first-order valence-corrected chi connectivity index (χ1v) is 8.04. The lowest BCUT2D eigenvalue weighted by atomic mass is 9.94. The number of thiazole rings is 1. The Morgan fingerprint density at radius 3 is 2.39 bits per heavy atom. The molecule has 0 spiro atoms. The van der Waals surface area contributed by atoms with E-state index in [2.05, 4.69) is 39.9 Å². The highest BCUT2D eigenvalue weighted by Crippen LogP contribution is 2.31. The average Bonchev–Trinajstić information content (AvgIpc) is 2.66. The Morgan fingerprint density at radius 1 is 1.17 bits per heavy atom. The predicted molar refractivity (Wildman–Crippen MR) is 81.4 cm³/mol. The van der Waals surface area contributed by atoms with Gasteiger partial charge in [-0.2, -0.15) is 0 Å². The summed E-state index contributed by atoms with van der Waals surface area (Å²) in [5, 5.41) is 4.90. The highest BCUT2D eigenvalue weighted by atomic mass is 32.1. The molecule has 0 aromatic carbocycles. The van der Waals surface area contributed by atoms with Gasteiger partial charge in [-0.25, -0.2) is 4.98 Å². The summed E-state index contributed by atoms with van der Waals surface area (Å²) in [4.78, 5) is 6.11. The molecule has 104 valence electrons. The van der Waals surface area contributed by atoms with Crippen LogP contribution in [0.1, 0.15) is 68.5 Å². The van der Waals surface area contributed by atoms with Crippen molar-refractivity contribution in [1.29, 1.82) is 0 Å². The number of nitrogens with one attached hydrogen (secondary N) is 1. The Labute approximate surface area is 116 Å². The van der Waals surface area contributed by atoms with Crippen LogP contribution in [0.5, 0.6) is 0 Å². The molecule has 1 N–H and O–H groups in total. The van der Waals surface area contributed by atoms with Crippen molar-refractivity contribution in [2.75, 3.05) is 6.54 Å². The summed E-state index contributed by atoms with van der Waals surface area (Å²) in [6.45, 7) is 12.0. The minimum Gasteiger partial charge on any atom is -0.306 e. The molecule has 3 heteroatoms. The lowest BCUT2D eigenvalue weighted by molar-refractivity contribution is 0.332. The molecule has 0 fully saturated rings. The van der Waals surface area contributed by atoms with Crippen molar-refractivity contribution in [1.82, 2.24) is 10.3 Å². The first kappa shape index (κ1) is 15.6. The second-order valence-electron chi connectivity index (χ2n) is 5.33. The van der Waals surface area contributed by atoms with E-state index >= 15 is 0 Å². The summed E-state index contributed by atoms with van der Waals surface area (Å²) >= 11 is 1.85. The Bertz CT molecular complexity index is 340. The van der Waals surface area contributed by atoms with E-state index < -0.39 is 0 Å². The summed E-state index contributed by atoms with van der Waals surface area (Å²) in [6, 6.07) is 0. The van der Waals surface area contributed by atoms with E-state index in [9.17, 15) is 0 Å². The van der Waals surface area contributed by atoms with E-state index in [-0.39, 0.29) is 5.54 Å². The minimum absolute atomic E-state index is 0.0617. The predicted octanol–water partition coefficient (Wildman–Crippen LogP) is 4.56. The zero-order chi connectivity index (χ0) is 13.6. The molecule has 0 saturated heterocycles. The minimum atomic E-state index is 0.0617. The summed E-state index contributed by atoms with van der Waals surface area (Å²) in [6.07, 6.45) is 6.45. The zero-order valence-electron chi connectivity index (χ0n) is 12.6. The molecule has 1 unspecified atom stereocenters. The Kier molecular flexibility index (Phi) is 6.30. The standard InChI is InChI=1S/C15H28N2S/c1-6-8-9-10-11-15(5,16-7-2)14-17-12(3)13(4)18-14/h16H,6-11H2,1-5H3. The highest BCUT2D eigenvalue weighted by Gasteiger charge is 2.28. The number of hydrogen-bond donors (Lipinski definition) is 1. The maximum atomic E-state index is 4.76. The number of unbranched alkanes of at least 4 members (excludes halogenated alkanes) is 3. The summed E-state index contributed by atoms with van der Waals surface area (Å²) in [5.41, 5.74) is 1.25. The Hall–Kier alpha value is -0.410. The van der Waals surface area contributed by atoms with Crippen molar-refractivity contribution in [3.8, 4) is 0 Å². The molecule has 0 aliphatic heterocycles. The van der Waals surface area contributed by atoms with Gasteiger partial charge in [0, 0.05) is 4.88 Å². The van der Waals surface area contributed by atoms with Gasteiger partial charge in [-0.05, 0) is 33.7 Å². The lowest BCUT2D eigenvalue weighted by Gasteiger charge is -2.28. The van der Waals surface area contributed by atoms with E-state index in [1.54, 1.807) is 0 Å². The Morgan fingerprint density at radius 2 is 1.89 bits per heavy atom. The molecular weight excluding hydrogens is 240 g/mol. The van der Waals surface area contributed by atoms with Crippen LogP contribution < -0.4 is 5.32 Å². The summed E-state index contributed by atoms with van der Waals surface area (Å²) in [5.74, 6) is 0. The first-order valence-electron chi connectivity index (χ1n) is 7.23. The zero-order valence-corrected chi connectivity index (χ0v) is 13.4. The van der Waals surface area contributed by atoms with Crippen molar-refractivity contribution in [2.24, 2.45) is 0 Å². The van der Waals surface area contributed by atoms with E-state index in [4.69, 9.17) is 4.98 Å². The maximum absolute atomic E-state index is 4.76. The van der Waals surface area contributed by atoms with Crippen LogP contribution in [-0.4, -0.2) is 11.5 Å². The molecule has 1 aromatic rings. The van der Waals surface area contributed by atoms with Crippen molar-refractivity contribution in [3.05, 3.63) is 15.6 Å². The fraction of sp³-hybridized carbons (Fsp3) is 0.800. The van der Waals surface area contributed by atoms with Gasteiger partial charge in [-0.15, -0.1) is 11.3 Å². The summed E-state index contributed by atoms with van der Waals surface area (Å²) in [7, 11) is 0. The van der Waals surface area contributed by atoms with E-state index in [0.29, 0.717) is 0 Å². The average molecular weight is 268 g/mol. The van der Waals surface area contributed by atoms with Crippen molar-refractivity contribution in [2.45, 2.75) is 72.3 Å². The smallest absolute Gasteiger partial charge is 0.113 e. The lowest BCUT2D eigenvalue weighted by Crippen LogP contribution is -2.39. The van der Waals surface area contributed by atoms with Crippen molar-refractivity contribution < 1.29 is 0 Å². The van der Waals surface area contributed by atoms with E-state index in [0.717, 1.165) is 6.54 Å². The first-order chi connectivity index (χ1) is 8.53. The third-order valence-electron chi connectivity index (χ3n) is 3.60. The number of hydrogen-bond acceptors (Lipinski definition) is 3. The molecule has 2 nitrogen and oxygen atoms in total. The summed E-state index contributed by atoms with van der Waals surface area (Å²) < 4.78 is 0. The number of aromatic nitrogens is 1. The van der Waals surface area contributed by atoms with Gasteiger partial charge in [0.25, 0.3) is 0 Å². The van der Waals surface area contributed by atoms with Crippen molar-refractivity contribution in [3.63, 3.8) is 0 Å². The fourth-order valence-electron chi connectivity index (χ4n) is 2.28. The molecular formula is C15H28N2S. The highest BCUT2D eigenvalue weighted by molar-refractivity contribution is 7.11. The van der Waals surface area contributed by atoms with Crippen LogP contribution in [0.25, 0.3) is 0 Å². The van der Waals surface area contributed by atoms with Crippen LogP contribution in [0.4, 0.5) is 0 Å². The van der Waals surface area contributed by atoms with Gasteiger partial charge in [0.05, 0.1) is 11.2 Å². The van der Waals surface area contributed by atoms with Crippen LogP contribution in [0, 0.1) is 13.8 Å². The van der Waals surface area contributed by atoms with Gasteiger partial charge in [0.15, 0.2) is 0 Å². The molecule has 18 heavy (non-hydrogen) atoms. The van der Waals surface area contributed by atoms with Gasteiger partial charge in [0.1, 0.15) is 5.01 Å². The Balaban J connectivity index is 2.72. The molecule has 1 aromatic heterocycles. The monoisotopic (exact) mass is 268 g/mol. The third kappa shape index (κ3) is 4.06. The SMILES string of the molecule is CCCCCCC(C)(NCC)c1nc(C)c(C)s1. The molecule has 1 atom stereocenters. The number of rotatable bonds is 8. The third-order valence-corrected chi connectivity index (χ3v) is 4.93. The van der Waals surface area contributed by atoms with Gasteiger partial charge in [-0.3, -0.25) is 0 Å². The van der Waals surface area contributed by atoms with Crippen LogP contribution >= 0.6 is 11.3 Å². The van der Waals surface area contributed by atoms with Gasteiger partial charge < -0.3 is 5.32 Å². The molecule has 1 heterocycles. The molecule has 0 aliphatic rings. The van der Waals surface area contributed by atoms with Crippen LogP contribution in [0.3, 0.4) is 0 Å². The topological polar surface area (TPSA) is 24.9 Å². The van der Waals surface area contributed by atoms with Crippen LogP contribution in [0.2, 0.25) is 0 Å². The normalized spacial score (nSPS) is 14.7. The molecule has 0 radical (unpaired) electrons. The maximum Gasteiger partial charge on any atom is 0.113 e. The quantitative estimate of drug-likeness (QED) is 0.699. The van der Waals surface area contributed by atoms with Gasteiger partial charge in [0.2, 0.25) is 0 Å². The molecule has 1 rings (SSSR count). The van der Waals surface area contributed by atoms with E-state index in [1.165, 1.54) is 47.7 Å².